The molecule has 0 saturated heterocycles. The van der Waals surface area contributed by atoms with Gasteiger partial charge in [0.2, 0.25) is 0 Å². The number of rotatable bonds is 3. The van der Waals surface area contributed by atoms with E-state index in [1.54, 1.807) is 0 Å². The average molecular weight is 500 g/mol. The fourth-order valence-corrected chi connectivity index (χ4v) is 5.52. The summed E-state index contributed by atoms with van der Waals surface area (Å²) in [5.41, 5.74) is 3.51. The predicted molar refractivity (Wildman–Crippen MR) is 121 cm³/mol. The molecule has 3 nitrogen and oxygen atoms in total. The lowest BCUT2D eigenvalue weighted by Gasteiger charge is -2.38. The van der Waals surface area contributed by atoms with E-state index >= 15 is 0 Å². The highest BCUT2D eigenvalue weighted by Gasteiger charge is 2.40. The standard InChI is InChI=1S/C23H20Br2N2O/c1-2-5-22-27-21(18-11-17(24)12-19(25)23(18)28-22)13-20(26-27)16-9-8-14-6-3-4-7-15(14)10-16/h3-4,6-12,21-22H,2,5,13H2,1H3. The fourth-order valence-electron chi connectivity index (χ4n) is 4.17. The van der Waals surface area contributed by atoms with Gasteiger partial charge >= 0.3 is 0 Å². The minimum absolute atomic E-state index is 0.0297. The molecule has 0 spiro atoms. The molecule has 5 heteroatoms. The van der Waals surface area contributed by atoms with Crippen LogP contribution in [0.4, 0.5) is 0 Å². The number of ether oxygens (including phenoxy) is 1. The summed E-state index contributed by atoms with van der Waals surface area (Å²) in [6.45, 7) is 2.19. The zero-order valence-corrected chi connectivity index (χ0v) is 18.7. The van der Waals surface area contributed by atoms with Gasteiger partial charge in [0, 0.05) is 22.9 Å². The van der Waals surface area contributed by atoms with Crippen LogP contribution in [0.25, 0.3) is 10.8 Å². The van der Waals surface area contributed by atoms with Crippen LogP contribution in [0, 0.1) is 0 Å². The Bertz CT molecular complexity index is 1100. The SMILES string of the molecule is CCCC1Oc2c(Br)cc(Br)cc2C2CC(c3ccc4ccccc4c3)=NN12. The van der Waals surface area contributed by atoms with Crippen molar-refractivity contribution in [1.82, 2.24) is 5.01 Å². The Balaban J connectivity index is 1.57. The number of hydrogen-bond donors (Lipinski definition) is 0. The summed E-state index contributed by atoms with van der Waals surface area (Å²) in [6, 6.07) is 19.5. The highest BCUT2D eigenvalue weighted by atomic mass is 79.9. The van der Waals surface area contributed by atoms with E-state index in [1.165, 1.54) is 21.9 Å². The average Bonchev–Trinajstić information content (AvgIpc) is 3.15. The summed E-state index contributed by atoms with van der Waals surface area (Å²) in [5, 5.41) is 9.72. The molecule has 2 aliphatic rings. The van der Waals surface area contributed by atoms with Crippen LogP contribution in [-0.4, -0.2) is 16.9 Å². The topological polar surface area (TPSA) is 24.8 Å². The van der Waals surface area contributed by atoms with Crippen LogP contribution in [0.2, 0.25) is 0 Å². The maximum atomic E-state index is 6.38. The molecule has 28 heavy (non-hydrogen) atoms. The molecule has 142 valence electrons. The van der Waals surface area contributed by atoms with Crippen molar-refractivity contribution in [3.8, 4) is 5.75 Å². The second kappa shape index (κ2) is 7.20. The molecule has 3 aromatic carbocycles. The molecule has 0 aliphatic carbocycles. The number of hydrogen-bond acceptors (Lipinski definition) is 3. The summed E-state index contributed by atoms with van der Waals surface area (Å²) in [7, 11) is 0. The molecule has 2 aliphatic heterocycles. The highest BCUT2D eigenvalue weighted by Crippen LogP contribution is 2.48. The van der Waals surface area contributed by atoms with Gasteiger partial charge in [-0.25, -0.2) is 0 Å². The van der Waals surface area contributed by atoms with E-state index < -0.39 is 0 Å². The minimum Gasteiger partial charge on any atom is -0.468 e. The van der Waals surface area contributed by atoms with E-state index in [4.69, 9.17) is 9.84 Å². The maximum Gasteiger partial charge on any atom is 0.187 e. The van der Waals surface area contributed by atoms with E-state index in [2.05, 4.69) is 98.4 Å². The lowest BCUT2D eigenvalue weighted by atomic mass is 9.95. The van der Waals surface area contributed by atoms with Crippen LogP contribution < -0.4 is 4.74 Å². The molecule has 0 amide bonds. The van der Waals surface area contributed by atoms with Gasteiger partial charge in [-0.2, -0.15) is 5.10 Å². The van der Waals surface area contributed by atoms with Gasteiger partial charge in [0.15, 0.2) is 6.23 Å². The number of hydrazone groups is 1. The van der Waals surface area contributed by atoms with Gasteiger partial charge < -0.3 is 4.74 Å². The van der Waals surface area contributed by atoms with Gasteiger partial charge in [-0.05, 0) is 50.5 Å². The largest absolute Gasteiger partial charge is 0.468 e. The van der Waals surface area contributed by atoms with Crippen LogP contribution in [-0.2, 0) is 0 Å². The van der Waals surface area contributed by atoms with Gasteiger partial charge in [-0.15, -0.1) is 0 Å². The molecular weight excluding hydrogens is 480 g/mol. The number of halogens is 2. The normalized spacial score (nSPS) is 20.5. The first kappa shape index (κ1) is 18.2. The Morgan fingerprint density at radius 1 is 1.07 bits per heavy atom. The summed E-state index contributed by atoms with van der Waals surface area (Å²) in [6.07, 6.45) is 2.86. The summed E-state index contributed by atoms with van der Waals surface area (Å²) < 4.78 is 8.43. The number of benzene rings is 3. The van der Waals surface area contributed by atoms with Crippen LogP contribution in [0.3, 0.4) is 0 Å². The molecule has 0 saturated carbocycles. The third-order valence-electron chi connectivity index (χ3n) is 5.51. The van der Waals surface area contributed by atoms with E-state index in [0.717, 1.165) is 39.7 Å². The lowest BCUT2D eigenvalue weighted by Crippen LogP contribution is -2.40. The van der Waals surface area contributed by atoms with E-state index in [1.807, 2.05) is 0 Å². The van der Waals surface area contributed by atoms with E-state index in [0.29, 0.717) is 0 Å². The summed E-state index contributed by atoms with van der Waals surface area (Å²) >= 11 is 7.31. The van der Waals surface area contributed by atoms with Gasteiger partial charge in [0.1, 0.15) is 5.75 Å². The van der Waals surface area contributed by atoms with Gasteiger partial charge in [-0.1, -0.05) is 65.7 Å². The number of nitrogens with zero attached hydrogens (tertiary/aromatic N) is 2. The van der Waals surface area contributed by atoms with Crippen LogP contribution in [0.5, 0.6) is 5.75 Å². The molecule has 0 bridgehead atoms. The molecule has 2 atom stereocenters. The third-order valence-corrected chi connectivity index (χ3v) is 6.55. The van der Waals surface area contributed by atoms with Crippen LogP contribution in [0.1, 0.15) is 43.4 Å². The Kier molecular flexibility index (Phi) is 4.68. The fraction of sp³-hybridized carbons (Fsp3) is 0.261. The highest BCUT2D eigenvalue weighted by molar-refractivity contribution is 9.11. The van der Waals surface area contributed by atoms with Crippen molar-refractivity contribution in [3.63, 3.8) is 0 Å². The van der Waals surface area contributed by atoms with Crippen molar-refractivity contribution in [2.45, 2.75) is 38.5 Å². The number of fused-ring (bicyclic) bond motifs is 4. The van der Waals surface area contributed by atoms with Crippen molar-refractivity contribution in [3.05, 3.63) is 74.7 Å². The molecule has 2 heterocycles. The summed E-state index contributed by atoms with van der Waals surface area (Å²) in [4.78, 5) is 0. The van der Waals surface area contributed by atoms with Crippen molar-refractivity contribution in [2.24, 2.45) is 5.10 Å². The molecule has 3 aromatic rings. The zero-order chi connectivity index (χ0) is 19.3. The molecule has 0 radical (unpaired) electrons. The smallest absolute Gasteiger partial charge is 0.187 e. The molecule has 2 unspecified atom stereocenters. The Morgan fingerprint density at radius 2 is 1.89 bits per heavy atom. The van der Waals surface area contributed by atoms with Gasteiger partial charge in [0.25, 0.3) is 0 Å². The quantitative estimate of drug-likeness (QED) is 0.386. The third kappa shape index (κ3) is 3.05. The lowest BCUT2D eigenvalue weighted by molar-refractivity contribution is -0.0229. The molecule has 0 fully saturated rings. The van der Waals surface area contributed by atoms with Crippen molar-refractivity contribution >= 4 is 48.3 Å². The molecule has 0 aromatic heterocycles. The first-order valence-corrected chi connectivity index (χ1v) is 11.2. The second-order valence-corrected chi connectivity index (χ2v) is 9.15. The second-order valence-electron chi connectivity index (χ2n) is 7.38. The monoisotopic (exact) mass is 498 g/mol. The summed E-state index contributed by atoms with van der Waals surface area (Å²) in [5.74, 6) is 0.956. The molecule has 0 N–H and O–H groups in total. The minimum atomic E-state index is -0.0297. The zero-order valence-electron chi connectivity index (χ0n) is 15.5. The van der Waals surface area contributed by atoms with E-state index in [9.17, 15) is 0 Å². The van der Waals surface area contributed by atoms with Crippen molar-refractivity contribution in [2.75, 3.05) is 0 Å². The Hall–Kier alpha value is -1.85. The molecule has 5 rings (SSSR count). The maximum absolute atomic E-state index is 6.38. The van der Waals surface area contributed by atoms with Crippen LogP contribution in [0.15, 0.2) is 68.6 Å². The molecular formula is C23H20Br2N2O. The predicted octanol–water partition coefficient (Wildman–Crippen LogP) is 7.03. The van der Waals surface area contributed by atoms with Crippen molar-refractivity contribution < 1.29 is 4.74 Å². The Morgan fingerprint density at radius 3 is 2.71 bits per heavy atom. The Labute approximate surface area is 181 Å². The van der Waals surface area contributed by atoms with Crippen molar-refractivity contribution in [1.29, 1.82) is 0 Å². The van der Waals surface area contributed by atoms with E-state index in [-0.39, 0.29) is 12.3 Å². The first-order valence-electron chi connectivity index (χ1n) is 9.64. The van der Waals surface area contributed by atoms with Crippen LogP contribution >= 0.6 is 31.9 Å². The van der Waals surface area contributed by atoms with Gasteiger partial charge in [0.05, 0.1) is 16.2 Å². The van der Waals surface area contributed by atoms with Gasteiger partial charge in [-0.3, -0.25) is 5.01 Å². The first-order chi connectivity index (χ1) is 13.6.